The number of carbonyl (C=O) groups is 2. The van der Waals surface area contributed by atoms with Crippen molar-refractivity contribution in [2.75, 3.05) is 11.2 Å². The molecule has 1 heterocycles. The van der Waals surface area contributed by atoms with Crippen LogP contribution >= 0.6 is 0 Å². The van der Waals surface area contributed by atoms with Crippen molar-refractivity contribution in [1.82, 2.24) is 4.72 Å². The Bertz CT molecular complexity index is 1390. The number of halogens is 1. The van der Waals surface area contributed by atoms with Crippen LogP contribution in [-0.2, 0) is 26.8 Å². The molecule has 168 valence electrons. The molecule has 3 aromatic carbocycles. The third-order valence-corrected chi connectivity index (χ3v) is 6.90. The molecule has 0 aromatic heterocycles. The molecule has 5 rings (SSSR count). The van der Waals surface area contributed by atoms with E-state index in [9.17, 15) is 22.4 Å². The van der Waals surface area contributed by atoms with Gasteiger partial charge in [0.25, 0.3) is 5.91 Å². The number of carbonyl (C=O) groups excluding carboxylic acids is 2. The second kappa shape index (κ2) is 7.52. The van der Waals surface area contributed by atoms with Crippen molar-refractivity contribution >= 4 is 27.5 Å². The molecule has 2 amide bonds. The Morgan fingerprint density at radius 1 is 1.09 bits per heavy atom. The predicted octanol–water partition coefficient (Wildman–Crippen LogP) is 3.49. The van der Waals surface area contributed by atoms with Gasteiger partial charge in [0.2, 0.25) is 15.9 Å². The number of anilines is 1. The lowest BCUT2D eigenvalue weighted by molar-refractivity contribution is -0.120. The maximum absolute atomic E-state index is 13.7. The number of sulfonamides is 1. The van der Waals surface area contributed by atoms with Gasteiger partial charge in [-0.3, -0.25) is 9.59 Å². The first kappa shape index (κ1) is 21.3. The molecule has 1 saturated carbocycles. The van der Waals surface area contributed by atoms with E-state index in [1.165, 1.54) is 18.2 Å². The van der Waals surface area contributed by atoms with Gasteiger partial charge in [0.1, 0.15) is 5.82 Å². The fourth-order valence-corrected chi connectivity index (χ4v) is 5.28. The van der Waals surface area contributed by atoms with Crippen LogP contribution in [-0.4, -0.2) is 26.5 Å². The van der Waals surface area contributed by atoms with Crippen LogP contribution in [0.15, 0.2) is 72.8 Å². The summed E-state index contributed by atoms with van der Waals surface area (Å²) in [5.41, 5.74) is 2.94. The molecule has 1 aliphatic carbocycles. The quantitative estimate of drug-likeness (QED) is 0.627. The van der Waals surface area contributed by atoms with E-state index in [0.717, 1.165) is 23.1 Å². The van der Waals surface area contributed by atoms with Gasteiger partial charge in [-0.2, -0.15) is 0 Å². The smallest absolute Gasteiger partial charge is 0.264 e. The monoisotopic (exact) mass is 464 g/mol. The maximum Gasteiger partial charge on any atom is 0.264 e. The Labute approximate surface area is 191 Å². The molecule has 1 aliphatic heterocycles. The molecule has 0 saturated heterocycles. The molecule has 2 aliphatic rings. The van der Waals surface area contributed by atoms with Gasteiger partial charge in [-0.1, -0.05) is 42.5 Å². The summed E-state index contributed by atoms with van der Waals surface area (Å²) in [7, 11) is -3.69. The zero-order valence-corrected chi connectivity index (χ0v) is 18.6. The molecular weight excluding hydrogens is 443 g/mol. The van der Waals surface area contributed by atoms with Gasteiger partial charge in [0.15, 0.2) is 0 Å². The van der Waals surface area contributed by atoms with E-state index in [1.807, 2.05) is 29.0 Å². The lowest BCUT2D eigenvalue weighted by atomic mass is 9.92. The number of nitrogens with zero attached hydrogens (tertiary/aromatic N) is 1. The molecule has 33 heavy (non-hydrogen) atoms. The summed E-state index contributed by atoms with van der Waals surface area (Å²) in [6.45, 7) is 0.244. The minimum absolute atomic E-state index is 0.0241. The van der Waals surface area contributed by atoms with Crippen LogP contribution in [0.1, 0.15) is 39.4 Å². The number of hydrogen-bond donors (Lipinski definition) is 1. The zero-order chi connectivity index (χ0) is 23.4. The van der Waals surface area contributed by atoms with E-state index in [0.29, 0.717) is 12.0 Å². The van der Waals surface area contributed by atoms with E-state index in [1.54, 1.807) is 35.2 Å². The minimum Gasteiger partial charge on any atom is -0.307 e. The molecule has 1 spiro atoms. The standard InChI is InChI=1S/C25H21FN2O4S/c1-33(31,32)27-23(29)18-6-4-5-16(13-18)15-28-22-8-3-2-7-20(22)25(24(28)30)14-21(25)17-9-11-19(26)12-10-17/h2-13,21H,14-15H2,1H3,(H,27,29). The molecule has 0 bridgehead atoms. The second-order valence-electron chi connectivity index (χ2n) is 8.59. The van der Waals surface area contributed by atoms with E-state index in [4.69, 9.17) is 0 Å². The van der Waals surface area contributed by atoms with E-state index in [2.05, 4.69) is 0 Å². The van der Waals surface area contributed by atoms with Gasteiger partial charge in [0, 0.05) is 17.2 Å². The molecule has 1 N–H and O–H groups in total. The molecular formula is C25H21FN2O4S. The fourth-order valence-electron chi connectivity index (χ4n) is 4.82. The van der Waals surface area contributed by atoms with Crippen LogP contribution < -0.4 is 9.62 Å². The number of rotatable bonds is 5. The molecule has 3 aromatic rings. The first-order valence-corrected chi connectivity index (χ1v) is 12.4. The van der Waals surface area contributed by atoms with Crippen molar-refractivity contribution in [1.29, 1.82) is 0 Å². The zero-order valence-electron chi connectivity index (χ0n) is 17.8. The largest absolute Gasteiger partial charge is 0.307 e. The summed E-state index contributed by atoms with van der Waals surface area (Å²) in [5.74, 6) is -1.08. The van der Waals surface area contributed by atoms with Crippen molar-refractivity contribution < 1.29 is 22.4 Å². The van der Waals surface area contributed by atoms with Gasteiger partial charge in [0.05, 0.1) is 18.2 Å². The van der Waals surface area contributed by atoms with E-state index in [-0.39, 0.29) is 29.8 Å². The number of para-hydroxylation sites is 1. The Kier molecular flexibility index (Phi) is 4.86. The molecule has 8 heteroatoms. The summed E-state index contributed by atoms with van der Waals surface area (Å²) in [5, 5.41) is 0. The topological polar surface area (TPSA) is 83.6 Å². The van der Waals surface area contributed by atoms with Crippen molar-refractivity contribution in [2.45, 2.75) is 24.3 Å². The maximum atomic E-state index is 13.7. The highest BCUT2D eigenvalue weighted by atomic mass is 32.2. The van der Waals surface area contributed by atoms with Crippen LogP contribution in [0.25, 0.3) is 0 Å². The average molecular weight is 465 g/mol. The number of nitrogens with one attached hydrogen (secondary N) is 1. The second-order valence-corrected chi connectivity index (χ2v) is 10.3. The van der Waals surface area contributed by atoms with Crippen molar-refractivity contribution in [3.63, 3.8) is 0 Å². The third kappa shape index (κ3) is 3.70. The number of amides is 2. The lowest BCUT2D eigenvalue weighted by Gasteiger charge is -2.19. The summed E-state index contributed by atoms with van der Waals surface area (Å²) >= 11 is 0. The van der Waals surface area contributed by atoms with Crippen molar-refractivity contribution in [3.8, 4) is 0 Å². The number of fused-ring (bicyclic) bond motifs is 2. The summed E-state index contributed by atoms with van der Waals surface area (Å²) < 4.78 is 38.2. The average Bonchev–Trinajstić information content (AvgIpc) is 3.48. The lowest BCUT2D eigenvalue weighted by Crippen LogP contribution is -2.33. The van der Waals surface area contributed by atoms with Gasteiger partial charge in [-0.25, -0.2) is 17.5 Å². The van der Waals surface area contributed by atoms with Gasteiger partial charge < -0.3 is 4.90 Å². The van der Waals surface area contributed by atoms with E-state index >= 15 is 0 Å². The first-order valence-electron chi connectivity index (χ1n) is 10.5. The first-order chi connectivity index (χ1) is 15.7. The van der Waals surface area contributed by atoms with Crippen LogP contribution in [0.4, 0.5) is 10.1 Å². The van der Waals surface area contributed by atoms with Gasteiger partial charge in [-0.15, -0.1) is 0 Å². The van der Waals surface area contributed by atoms with Crippen LogP contribution in [0.5, 0.6) is 0 Å². The molecule has 0 radical (unpaired) electrons. The third-order valence-electron chi connectivity index (χ3n) is 6.34. The van der Waals surface area contributed by atoms with Crippen LogP contribution in [0, 0.1) is 5.82 Å². The molecule has 1 fully saturated rings. The van der Waals surface area contributed by atoms with Crippen molar-refractivity contribution in [3.05, 3.63) is 101 Å². The Hall–Kier alpha value is -3.52. The van der Waals surface area contributed by atoms with Crippen LogP contribution in [0.3, 0.4) is 0 Å². The van der Waals surface area contributed by atoms with E-state index < -0.39 is 21.3 Å². The minimum atomic E-state index is -3.69. The summed E-state index contributed by atoms with van der Waals surface area (Å²) in [6, 6.07) is 20.5. The summed E-state index contributed by atoms with van der Waals surface area (Å²) in [6.07, 6.45) is 1.57. The highest BCUT2D eigenvalue weighted by Gasteiger charge is 2.67. The Balaban J connectivity index is 1.45. The fraction of sp³-hybridized carbons (Fsp3) is 0.200. The van der Waals surface area contributed by atoms with Crippen molar-refractivity contribution in [2.24, 2.45) is 0 Å². The Morgan fingerprint density at radius 2 is 1.82 bits per heavy atom. The molecule has 2 atom stereocenters. The highest BCUT2D eigenvalue weighted by molar-refractivity contribution is 7.89. The molecule has 2 unspecified atom stereocenters. The normalized spacial score (nSPS) is 21.2. The summed E-state index contributed by atoms with van der Waals surface area (Å²) in [4.78, 5) is 27.7. The number of hydrogen-bond acceptors (Lipinski definition) is 4. The Morgan fingerprint density at radius 3 is 2.55 bits per heavy atom. The predicted molar refractivity (Wildman–Crippen MR) is 122 cm³/mol. The SMILES string of the molecule is CS(=O)(=O)NC(=O)c1cccc(CN2C(=O)C3(CC3c3ccc(F)cc3)c3ccccc32)c1. The van der Waals surface area contributed by atoms with Crippen LogP contribution in [0.2, 0.25) is 0 Å². The molecule has 6 nitrogen and oxygen atoms in total. The van der Waals surface area contributed by atoms with Gasteiger partial charge in [-0.05, 0) is 53.4 Å². The van der Waals surface area contributed by atoms with Gasteiger partial charge >= 0.3 is 0 Å². The number of benzene rings is 3. The highest BCUT2D eigenvalue weighted by Crippen LogP contribution is 2.66.